The van der Waals surface area contributed by atoms with Gasteiger partial charge in [0.2, 0.25) is 10.0 Å². The molecule has 1 aliphatic heterocycles. The van der Waals surface area contributed by atoms with E-state index >= 15 is 0 Å². The molecule has 0 saturated carbocycles. The Balaban J connectivity index is 1.61. The lowest BCUT2D eigenvalue weighted by Gasteiger charge is -2.15. The Morgan fingerprint density at radius 3 is 2.07 bits per heavy atom. The summed E-state index contributed by atoms with van der Waals surface area (Å²) >= 11 is 0. The van der Waals surface area contributed by atoms with Crippen LogP contribution in [-0.2, 0) is 14.8 Å². The zero-order valence-electron chi connectivity index (χ0n) is 15.0. The van der Waals surface area contributed by atoms with Crippen molar-refractivity contribution in [3.8, 4) is 0 Å². The van der Waals surface area contributed by atoms with E-state index in [4.69, 9.17) is 4.74 Å². The highest BCUT2D eigenvalue weighted by molar-refractivity contribution is 7.89. The standard InChI is InChI=1S/C20H19NO6S/c22-13-15-3-5-17(6-4-15)20(24)27-14-19(23)16-7-9-18(10-8-16)28(25,26)21-11-1-2-12-21/h3-10,13H,1-2,11-12,14H2. The van der Waals surface area contributed by atoms with Crippen LogP contribution in [0.1, 0.15) is 43.9 Å². The number of hydrogen-bond donors (Lipinski definition) is 0. The molecule has 0 bridgehead atoms. The highest BCUT2D eigenvalue weighted by Crippen LogP contribution is 2.21. The molecule has 1 heterocycles. The van der Waals surface area contributed by atoms with Gasteiger partial charge in [0.05, 0.1) is 10.5 Å². The monoisotopic (exact) mass is 401 g/mol. The molecule has 2 aromatic carbocycles. The van der Waals surface area contributed by atoms with Gasteiger partial charge in [0, 0.05) is 24.2 Å². The second-order valence-electron chi connectivity index (χ2n) is 6.37. The van der Waals surface area contributed by atoms with Gasteiger partial charge in [0.25, 0.3) is 0 Å². The Labute approximate surface area is 163 Å². The minimum atomic E-state index is -3.54. The Morgan fingerprint density at radius 1 is 0.929 bits per heavy atom. The topological polar surface area (TPSA) is 97.8 Å². The number of carbonyl (C=O) groups is 3. The molecule has 0 unspecified atom stereocenters. The van der Waals surface area contributed by atoms with Crippen LogP contribution in [0.3, 0.4) is 0 Å². The lowest BCUT2D eigenvalue weighted by atomic mass is 10.1. The maximum absolute atomic E-state index is 12.5. The first-order valence-corrected chi connectivity index (χ1v) is 10.2. The predicted octanol–water partition coefficient (Wildman–Crippen LogP) is 2.32. The molecule has 0 atom stereocenters. The van der Waals surface area contributed by atoms with Gasteiger partial charge in [-0.25, -0.2) is 13.2 Å². The van der Waals surface area contributed by atoms with Gasteiger partial charge in [0.1, 0.15) is 6.29 Å². The van der Waals surface area contributed by atoms with E-state index in [-0.39, 0.29) is 16.0 Å². The molecule has 7 nitrogen and oxygen atoms in total. The van der Waals surface area contributed by atoms with E-state index in [1.54, 1.807) is 0 Å². The fourth-order valence-corrected chi connectivity index (χ4v) is 4.40. The van der Waals surface area contributed by atoms with Crippen LogP contribution >= 0.6 is 0 Å². The number of esters is 1. The van der Waals surface area contributed by atoms with Gasteiger partial charge >= 0.3 is 5.97 Å². The number of hydrogen-bond acceptors (Lipinski definition) is 6. The van der Waals surface area contributed by atoms with Crippen molar-refractivity contribution in [1.82, 2.24) is 4.31 Å². The van der Waals surface area contributed by atoms with Crippen molar-refractivity contribution in [2.45, 2.75) is 17.7 Å². The molecule has 0 N–H and O–H groups in total. The average molecular weight is 401 g/mol. The molecule has 0 spiro atoms. The molecular formula is C20H19NO6S. The highest BCUT2D eigenvalue weighted by atomic mass is 32.2. The molecule has 1 aliphatic rings. The predicted molar refractivity (Wildman–Crippen MR) is 101 cm³/mol. The van der Waals surface area contributed by atoms with Crippen molar-refractivity contribution in [3.05, 3.63) is 65.2 Å². The third-order valence-electron chi connectivity index (χ3n) is 4.50. The van der Waals surface area contributed by atoms with Crippen LogP contribution < -0.4 is 0 Å². The Morgan fingerprint density at radius 2 is 1.50 bits per heavy atom. The molecule has 2 aromatic rings. The van der Waals surface area contributed by atoms with Crippen LogP contribution in [0.2, 0.25) is 0 Å². The molecule has 28 heavy (non-hydrogen) atoms. The zero-order valence-corrected chi connectivity index (χ0v) is 15.9. The van der Waals surface area contributed by atoms with E-state index in [9.17, 15) is 22.8 Å². The fraction of sp³-hybridized carbons (Fsp3) is 0.250. The van der Waals surface area contributed by atoms with Crippen molar-refractivity contribution in [2.75, 3.05) is 19.7 Å². The van der Waals surface area contributed by atoms with Gasteiger partial charge in [-0.1, -0.05) is 12.1 Å². The summed E-state index contributed by atoms with van der Waals surface area (Å²) in [6, 6.07) is 11.4. The minimum Gasteiger partial charge on any atom is -0.454 e. The third kappa shape index (κ3) is 4.35. The van der Waals surface area contributed by atoms with E-state index in [0.29, 0.717) is 24.9 Å². The van der Waals surface area contributed by atoms with Crippen LogP contribution in [0.25, 0.3) is 0 Å². The first-order chi connectivity index (χ1) is 13.4. The SMILES string of the molecule is O=Cc1ccc(C(=O)OCC(=O)c2ccc(S(=O)(=O)N3CCCC3)cc2)cc1. The number of carbonyl (C=O) groups excluding carboxylic acids is 3. The van der Waals surface area contributed by atoms with Gasteiger partial charge in [-0.2, -0.15) is 4.31 Å². The number of ether oxygens (including phenoxy) is 1. The maximum atomic E-state index is 12.5. The molecular weight excluding hydrogens is 382 g/mol. The molecule has 146 valence electrons. The molecule has 0 aromatic heterocycles. The van der Waals surface area contributed by atoms with Crippen molar-refractivity contribution < 1.29 is 27.5 Å². The van der Waals surface area contributed by atoms with E-state index in [1.807, 2.05) is 0 Å². The number of benzene rings is 2. The summed E-state index contributed by atoms with van der Waals surface area (Å²) in [5.74, 6) is -1.12. The van der Waals surface area contributed by atoms with Gasteiger partial charge in [-0.3, -0.25) is 9.59 Å². The Bertz CT molecular complexity index is 974. The Hall–Kier alpha value is -2.84. The zero-order chi connectivity index (χ0) is 20.1. The summed E-state index contributed by atoms with van der Waals surface area (Å²) in [5.41, 5.74) is 0.909. The lowest BCUT2D eigenvalue weighted by Crippen LogP contribution is -2.27. The van der Waals surface area contributed by atoms with Crippen LogP contribution in [0.15, 0.2) is 53.4 Å². The van der Waals surface area contributed by atoms with E-state index in [0.717, 1.165) is 12.8 Å². The molecule has 0 aliphatic carbocycles. The summed E-state index contributed by atoms with van der Waals surface area (Å²) in [6.07, 6.45) is 2.35. The molecule has 1 fully saturated rings. The molecule has 0 radical (unpaired) electrons. The number of nitrogens with zero attached hydrogens (tertiary/aromatic N) is 1. The summed E-state index contributed by atoms with van der Waals surface area (Å²) < 4.78 is 31.4. The minimum absolute atomic E-state index is 0.137. The first kappa shape index (κ1) is 19.9. The second kappa shape index (κ2) is 8.45. The van der Waals surface area contributed by atoms with Crippen LogP contribution in [0.4, 0.5) is 0 Å². The van der Waals surface area contributed by atoms with Crippen molar-refractivity contribution in [2.24, 2.45) is 0 Å². The van der Waals surface area contributed by atoms with Gasteiger partial charge in [-0.05, 0) is 49.2 Å². The van der Waals surface area contributed by atoms with Crippen molar-refractivity contribution >= 4 is 28.1 Å². The van der Waals surface area contributed by atoms with Crippen LogP contribution in [0.5, 0.6) is 0 Å². The largest absolute Gasteiger partial charge is 0.454 e. The first-order valence-electron chi connectivity index (χ1n) is 8.77. The van der Waals surface area contributed by atoms with Gasteiger partial charge in [-0.15, -0.1) is 0 Å². The number of ketones is 1. The second-order valence-corrected chi connectivity index (χ2v) is 8.31. The lowest BCUT2D eigenvalue weighted by molar-refractivity contribution is 0.0474. The van der Waals surface area contributed by atoms with Crippen LogP contribution in [0, 0.1) is 0 Å². The summed E-state index contributed by atoms with van der Waals surface area (Å²) in [5, 5.41) is 0. The van der Waals surface area contributed by atoms with E-state index in [2.05, 4.69) is 0 Å². The normalized spacial score (nSPS) is 14.6. The average Bonchev–Trinajstić information content (AvgIpc) is 3.28. The molecule has 3 rings (SSSR count). The molecule has 0 amide bonds. The molecule has 8 heteroatoms. The summed E-state index contributed by atoms with van der Waals surface area (Å²) in [7, 11) is -3.54. The van der Waals surface area contributed by atoms with E-state index in [1.165, 1.54) is 52.8 Å². The quantitative estimate of drug-likeness (QED) is 0.401. The van der Waals surface area contributed by atoms with Gasteiger partial charge < -0.3 is 4.74 Å². The number of Topliss-reactive ketones (excluding diaryl/α,β-unsaturated/α-hetero) is 1. The van der Waals surface area contributed by atoms with Crippen LogP contribution in [-0.4, -0.2) is 50.5 Å². The number of aldehydes is 1. The Kier molecular flexibility index (Phi) is 6.01. The van der Waals surface area contributed by atoms with Crippen molar-refractivity contribution in [3.63, 3.8) is 0 Å². The van der Waals surface area contributed by atoms with Crippen molar-refractivity contribution in [1.29, 1.82) is 0 Å². The summed E-state index contributed by atoms with van der Waals surface area (Å²) in [6.45, 7) is 0.548. The summed E-state index contributed by atoms with van der Waals surface area (Å²) in [4.78, 5) is 34.9. The molecule has 1 saturated heterocycles. The van der Waals surface area contributed by atoms with E-state index < -0.39 is 28.4 Å². The number of sulfonamides is 1. The maximum Gasteiger partial charge on any atom is 0.338 e. The fourth-order valence-electron chi connectivity index (χ4n) is 2.89. The third-order valence-corrected chi connectivity index (χ3v) is 6.41. The smallest absolute Gasteiger partial charge is 0.338 e. The highest BCUT2D eigenvalue weighted by Gasteiger charge is 2.27. The van der Waals surface area contributed by atoms with Gasteiger partial charge in [0.15, 0.2) is 12.4 Å². The number of rotatable bonds is 7.